The van der Waals surface area contributed by atoms with Gasteiger partial charge in [-0.1, -0.05) is 61.5 Å². The van der Waals surface area contributed by atoms with Gasteiger partial charge in [0.05, 0.1) is 24.1 Å². The van der Waals surface area contributed by atoms with Crippen LogP contribution in [0.25, 0.3) is 0 Å². The molecular weight excluding hydrogens is 549 g/mol. The zero-order valence-electron chi connectivity index (χ0n) is 22.0. The molecular formula is C27H35Cl2N3O5S. The largest absolute Gasteiger partial charge is 0.497 e. The molecule has 0 bridgehead atoms. The van der Waals surface area contributed by atoms with Gasteiger partial charge in [0.2, 0.25) is 21.8 Å². The summed E-state index contributed by atoms with van der Waals surface area (Å²) in [6.07, 6.45) is 6.43. The maximum atomic E-state index is 13.8. The number of halogens is 2. The molecule has 0 heterocycles. The van der Waals surface area contributed by atoms with Crippen LogP contribution in [0.3, 0.4) is 0 Å². The number of nitrogens with zero attached hydrogens (tertiary/aromatic N) is 2. The number of carbonyl (C=O) groups excluding carboxylic acids is 2. The van der Waals surface area contributed by atoms with Gasteiger partial charge in [0.15, 0.2) is 0 Å². The van der Waals surface area contributed by atoms with Crippen LogP contribution in [0.1, 0.15) is 51.0 Å². The number of ether oxygens (including phenoxy) is 1. The predicted molar refractivity (Wildman–Crippen MR) is 151 cm³/mol. The van der Waals surface area contributed by atoms with Crippen LogP contribution in [0.2, 0.25) is 10.0 Å². The minimum atomic E-state index is -3.92. The molecule has 11 heteroatoms. The monoisotopic (exact) mass is 583 g/mol. The number of methoxy groups -OCH3 is 1. The summed E-state index contributed by atoms with van der Waals surface area (Å²) in [7, 11) is -2.35. The van der Waals surface area contributed by atoms with Crippen molar-refractivity contribution in [2.45, 2.75) is 64.1 Å². The van der Waals surface area contributed by atoms with Crippen LogP contribution in [-0.2, 0) is 26.2 Å². The Kier molecular flexibility index (Phi) is 10.7. The normalized spacial score (nSPS) is 15.0. The molecule has 1 saturated carbocycles. The summed E-state index contributed by atoms with van der Waals surface area (Å²) < 4.78 is 31.7. The van der Waals surface area contributed by atoms with Crippen molar-refractivity contribution < 1.29 is 22.7 Å². The maximum absolute atomic E-state index is 13.8. The molecule has 1 N–H and O–H groups in total. The Morgan fingerprint density at radius 1 is 1.08 bits per heavy atom. The number of sulfonamides is 1. The summed E-state index contributed by atoms with van der Waals surface area (Å²) in [6, 6.07) is 10.9. The van der Waals surface area contributed by atoms with E-state index in [1.807, 2.05) is 19.1 Å². The minimum absolute atomic E-state index is 0.0704. The first-order chi connectivity index (χ1) is 18.0. The van der Waals surface area contributed by atoms with Crippen LogP contribution in [-0.4, -0.2) is 57.1 Å². The van der Waals surface area contributed by atoms with Gasteiger partial charge in [-0.15, -0.1) is 0 Å². The first-order valence-corrected chi connectivity index (χ1v) is 15.3. The molecule has 0 aromatic heterocycles. The standard InChI is InChI=1S/C27H35Cl2N3O5S/c1-4-24(27(34)30-21-8-6-5-7-9-21)31(17-19-10-13-22(37-2)14-11-19)26(33)18-32(38(3,35)36)25-16-20(28)12-15-23(25)29/h10-16,21,24H,4-9,17-18H2,1-3H3,(H,30,34). The summed E-state index contributed by atoms with van der Waals surface area (Å²) >= 11 is 12.4. The molecule has 0 aliphatic heterocycles. The lowest BCUT2D eigenvalue weighted by molar-refractivity contribution is -0.140. The van der Waals surface area contributed by atoms with Crippen LogP contribution in [0.4, 0.5) is 5.69 Å². The Bertz CT molecular complexity index is 1220. The van der Waals surface area contributed by atoms with Crippen LogP contribution in [0.5, 0.6) is 5.75 Å². The zero-order chi connectivity index (χ0) is 27.9. The smallest absolute Gasteiger partial charge is 0.244 e. The van der Waals surface area contributed by atoms with E-state index < -0.39 is 28.5 Å². The molecule has 0 spiro atoms. The highest BCUT2D eigenvalue weighted by Crippen LogP contribution is 2.31. The third-order valence-corrected chi connectivity index (χ3v) is 8.39. The summed E-state index contributed by atoms with van der Waals surface area (Å²) in [5, 5.41) is 3.53. The summed E-state index contributed by atoms with van der Waals surface area (Å²) in [4.78, 5) is 28.7. The van der Waals surface area contributed by atoms with Gasteiger partial charge in [-0.3, -0.25) is 13.9 Å². The molecule has 1 atom stereocenters. The molecule has 1 aliphatic rings. The fourth-order valence-corrected chi connectivity index (χ4v) is 5.95. The lowest BCUT2D eigenvalue weighted by Crippen LogP contribution is -2.54. The van der Waals surface area contributed by atoms with E-state index in [9.17, 15) is 18.0 Å². The molecule has 3 rings (SSSR count). The second-order valence-corrected chi connectivity index (χ2v) is 12.3. The Labute approximate surface area is 235 Å². The fraction of sp³-hybridized carbons (Fsp3) is 0.481. The number of carbonyl (C=O) groups is 2. The number of anilines is 1. The quantitative estimate of drug-likeness (QED) is 0.400. The summed E-state index contributed by atoms with van der Waals surface area (Å²) in [5.41, 5.74) is 0.869. The van der Waals surface area contributed by atoms with E-state index in [1.54, 1.807) is 19.2 Å². The fourth-order valence-electron chi connectivity index (χ4n) is 4.66. The lowest BCUT2D eigenvalue weighted by atomic mass is 9.95. The van der Waals surface area contributed by atoms with Crippen LogP contribution in [0, 0.1) is 0 Å². The summed E-state index contributed by atoms with van der Waals surface area (Å²) in [5.74, 6) is -0.117. The number of hydrogen-bond acceptors (Lipinski definition) is 5. The number of nitrogens with one attached hydrogen (secondary N) is 1. The zero-order valence-corrected chi connectivity index (χ0v) is 24.3. The molecule has 0 saturated heterocycles. The topological polar surface area (TPSA) is 96.0 Å². The van der Waals surface area contributed by atoms with E-state index in [-0.39, 0.29) is 34.2 Å². The molecule has 8 nitrogen and oxygen atoms in total. The molecule has 208 valence electrons. The average molecular weight is 585 g/mol. The van der Waals surface area contributed by atoms with E-state index >= 15 is 0 Å². The molecule has 2 aromatic rings. The Morgan fingerprint density at radius 3 is 2.32 bits per heavy atom. The van der Waals surface area contributed by atoms with Crippen molar-refractivity contribution in [3.05, 3.63) is 58.1 Å². The van der Waals surface area contributed by atoms with Crippen molar-refractivity contribution >= 4 is 50.7 Å². The highest BCUT2D eigenvalue weighted by Gasteiger charge is 2.33. The summed E-state index contributed by atoms with van der Waals surface area (Å²) in [6.45, 7) is 1.41. The van der Waals surface area contributed by atoms with Crippen LogP contribution in [0.15, 0.2) is 42.5 Å². The van der Waals surface area contributed by atoms with Crippen molar-refractivity contribution in [1.82, 2.24) is 10.2 Å². The van der Waals surface area contributed by atoms with Gasteiger partial charge in [-0.2, -0.15) is 0 Å². The second kappa shape index (κ2) is 13.5. The highest BCUT2D eigenvalue weighted by molar-refractivity contribution is 7.92. The van der Waals surface area contributed by atoms with Crippen molar-refractivity contribution in [1.29, 1.82) is 0 Å². The van der Waals surface area contributed by atoms with Gasteiger partial charge in [0.1, 0.15) is 18.3 Å². The highest BCUT2D eigenvalue weighted by atomic mass is 35.5. The molecule has 1 fully saturated rings. The maximum Gasteiger partial charge on any atom is 0.244 e. The van der Waals surface area contributed by atoms with E-state index in [1.165, 1.54) is 23.1 Å². The third-order valence-electron chi connectivity index (χ3n) is 6.71. The SMILES string of the molecule is CCC(C(=O)NC1CCCCC1)N(Cc1ccc(OC)cc1)C(=O)CN(c1cc(Cl)ccc1Cl)S(C)(=O)=O. The van der Waals surface area contributed by atoms with Crippen molar-refractivity contribution in [2.24, 2.45) is 0 Å². The number of benzene rings is 2. The molecule has 1 unspecified atom stereocenters. The average Bonchev–Trinajstić information content (AvgIpc) is 2.89. The van der Waals surface area contributed by atoms with Crippen LogP contribution < -0.4 is 14.4 Å². The lowest BCUT2D eigenvalue weighted by Gasteiger charge is -2.34. The van der Waals surface area contributed by atoms with Gasteiger partial charge in [0, 0.05) is 17.6 Å². The predicted octanol–water partition coefficient (Wildman–Crippen LogP) is 5.02. The van der Waals surface area contributed by atoms with Crippen molar-refractivity contribution in [3.63, 3.8) is 0 Å². The molecule has 2 amide bonds. The first kappa shape index (κ1) is 30.1. The minimum Gasteiger partial charge on any atom is -0.497 e. The Morgan fingerprint density at radius 2 is 1.74 bits per heavy atom. The van der Waals surface area contributed by atoms with Gasteiger partial charge in [-0.05, 0) is 55.2 Å². The number of rotatable bonds is 11. The number of amides is 2. The molecule has 1 aliphatic carbocycles. The van der Waals surface area contributed by atoms with Crippen molar-refractivity contribution in [2.75, 3.05) is 24.2 Å². The molecule has 38 heavy (non-hydrogen) atoms. The van der Waals surface area contributed by atoms with Gasteiger partial charge in [0.25, 0.3) is 0 Å². The van der Waals surface area contributed by atoms with Crippen molar-refractivity contribution in [3.8, 4) is 5.75 Å². The number of hydrogen-bond donors (Lipinski definition) is 1. The van der Waals surface area contributed by atoms with E-state index in [2.05, 4.69) is 5.32 Å². The molecule has 2 aromatic carbocycles. The van der Waals surface area contributed by atoms with Gasteiger partial charge < -0.3 is 15.0 Å². The molecule has 0 radical (unpaired) electrons. The first-order valence-electron chi connectivity index (χ1n) is 12.7. The van der Waals surface area contributed by atoms with Crippen LogP contribution >= 0.6 is 23.2 Å². The van der Waals surface area contributed by atoms with Gasteiger partial charge >= 0.3 is 0 Å². The Hall–Kier alpha value is -2.49. The second-order valence-electron chi connectivity index (χ2n) is 9.50. The van der Waals surface area contributed by atoms with E-state index in [0.717, 1.165) is 48.2 Å². The Balaban J connectivity index is 1.94. The third kappa shape index (κ3) is 8.01. The van der Waals surface area contributed by atoms with E-state index in [0.29, 0.717) is 12.2 Å². The van der Waals surface area contributed by atoms with Gasteiger partial charge in [-0.25, -0.2) is 8.42 Å². The van der Waals surface area contributed by atoms with E-state index in [4.69, 9.17) is 27.9 Å².